The molecule has 1 aliphatic heterocycles. The number of carbonyl (C=O) groups is 2. The van der Waals surface area contributed by atoms with Crippen molar-refractivity contribution in [3.8, 4) is 17.2 Å². The summed E-state index contributed by atoms with van der Waals surface area (Å²) in [6.45, 7) is 0.716. The molecule has 1 amide bonds. The Bertz CT molecular complexity index is 1100. The minimum Gasteiger partial charge on any atom is -0.507 e. The smallest absolute Gasteiger partial charge is 0.295 e. The number of Topliss-reactive ketones (excluding diaryl/α,β-unsaturated/α-hetero) is 1. The lowest BCUT2D eigenvalue weighted by Crippen LogP contribution is -2.35. The Morgan fingerprint density at radius 2 is 1.64 bits per heavy atom. The van der Waals surface area contributed by atoms with Crippen LogP contribution in [0.1, 0.15) is 17.2 Å². The Morgan fingerprint density at radius 3 is 2.24 bits per heavy atom. The molecule has 2 aromatic carbocycles. The zero-order valence-electron chi connectivity index (χ0n) is 19.2. The number of ketones is 1. The van der Waals surface area contributed by atoms with Crippen LogP contribution in [-0.4, -0.2) is 75.1 Å². The number of aliphatic hydroxyl groups excluding tert-OH is 1. The first kappa shape index (κ1) is 24.1. The molecule has 33 heavy (non-hydrogen) atoms. The van der Waals surface area contributed by atoms with E-state index in [1.165, 1.54) is 38.4 Å². The number of rotatable bonds is 8. The van der Waals surface area contributed by atoms with Crippen LogP contribution in [0.4, 0.5) is 4.39 Å². The lowest BCUT2D eigenvalue weighted by Gasteiger charge is -2.27. The monoisotopic (exact) mass is 458 g/mol. The molecule has 0 unspecified atom stereocenters. The maximum Gasteiger partial charge on any atom is 0.295 e. The lowest BCUT2D eigenvalue weighted by molar-refractivity contribution is -0.140. The molecule has 0 radical (unpaired) electrons. The van der Waals surface area contributed by atoms with Crippen LogP contribution in [-0.2, 0) is 9.59 Å². The molecule has 1 heterocycles. The Labute approximate surface area is 191 Å². The van der Waals surface area contributed by atoms with Gasteiger partial charge in [0.25, 0.3) is 11.7 Å². The van der Waals surface area contributed by atoms with Crippen LogP contribution in [0.2, 0.25) is 0 Å². The fraction of sp³-hybridized carbons (Fsp3) is 0.333. The summed E-state index contributed by atoms with van der Waals surface area (Å²) in [4.78, 5) is 29.4. The zero-order chi connectivity index (χ0) is 24.3. The van der Waals surface area contributed by atoms with Crippen molar-refractivity contribution in [2.75, 3.05) is 48.5 Å². The van der Waals surface area contributed by atoms with E-state index in [1.54, 1.807) is 18.2 Å². The van der Waals surface area contributed by atoms with Gasteiger partial charge in [-0.3, -0.25) is 9.59 Å². The van der Waals surface area contributed by atoms with E-state index in [1.807, 2.05) is 19.0 Å². The van der Waals surface area contributed by atoms with E-state index in [2.05, 4.69) is 0 Å². The summed E-state index contributed by atoms with van der Waals surface area (Å²) >= 11 is 0. The molecule has 0 bridgehead atoms. The minimum absolute atomic E-state index is 0.0198. The molecule has 1 saturated heterocycles. The van der Waals surface area contributed by atoms with Gasteiger partial charge in [-0.25, -0.2) is 4.39 Å². The first-order chi connectivity index (χ1) is 15.7. The Hall–Kier alpha value is -3.59. The number of hydrogen-bond acceptors (Lipinski definition) is 7. The van der Waals surface area contributed by atoms with E-state index in [0.29, 0.717) is 23.6 Å². The van der Waals surface area contributed by atoms with Crippen molar-refractivity contribution in [3.05, 3.63) is 58.9 Å². The molecule has 0 saturated carbocycles. The quantitative estimate of drug-likeness (QED) is 0.370. The van der Waals surface area contributed by atoms with E-state index < -0.39 is 29.3 Å². The van der Waals surface area contributed by atoms with Gasteiger partial charge in [0, 0.05) is 13.1 Å². The van der Waals surface area contributed by atoms with Crippen molar-refractivity contribution in [1.29, 1.82) is 0 Å². The number of likely N-dealkylation sites (tertiary alicyclic amines) is 1. The van der Waals surface area contributed by atoms with Gasteiger partial charge < -0.3 is 29.1 Å². The van der Waals surface area contributed by atoms with Crippen molar-refractivity contribution in [2.24, 2.45) is 0 Å². The normalized spacial score (nSPS) is 17.5. The average Bonchev–Trinajstić information content (AvgIpc) is 3.06. The largest absolute Gasteiger partial charge is 0.507 e. The first-order valence-electron chi connectivity index (χ1n) is 10.2. The number of methoxy groups -OCH3 is 3. The molecule has 3 rings (SSSR count). The highest BCUT2D eigenvalue weighted by molar-refractivity contribution is 6.46. The van der Waals surface area contributed by atoms with Gasteiger partial charge >= 0.3 is 0 Å². The second kappa shape index (κ2) is 9.91. The van der Waals surface area contributed by atoms with Crippen LogP contribution >= 0.6 is 0 Å². The second-order valence-corrected chi connectivity index (χ2v) is 7.75. The summed E-state index contributed by atoms with van der Waals surface area (Å²) < 4.78 is 29.9. The number of hydrogen-bond donors (Lipinski definition) is 1. The Kier molecular flexibility index (Phi) is 7.23. The second-order valence-electron chi connectivity index (χ2n) is 7.75. The first-order valence-corrected chi connectivity index (χ1v) is 10.2. The van der Waals surface area contributed by atoms with Crippen LogP contribution in [0, 0.1) is 5.82 Å². The van der Waals surface area contributed by atoms with Crippen LogP contribution < -0.4 is 14.2 Å². The van der Waals surface area contributed by atoms with Gasteiger partial charge in [-0.05, 0) is 50.0 Å². The number of benzene rings is 2. The molecule has 1 fully saturated rings. The highest BCUT2D eigenvalue weighted by Crippen LogP contribution is 2.43. The third-order valence-corrected chi connectivity index (χ3v) is 5.47. The third-order valence-electron chi connectivity index (χ3n) is 5.47. The predicted molar refractivity (Wildman–Crippen MR) is 120 cm³/mol. The number of aliphatic hydroxyl groups is 1. The van der Waals surface area contributed by atoms with Gasteiger partial charge in [-0.1, -0.05) is 6.07 Å². The summed E-state index contributed by atoms with van der Waals surface area (Å²) in [7, 11) is 8.03. The maximum absolute atomic E-state index is 14.0. The maximum atomic E-state index is 14.0. The molecule has 8 nitrogen and oxygen atoms in total. The standard InChI is InChI=1S/C24H27FN2O6/c1-26(2)10-11-27-21(14-6-8-18(32-4)19(12-14)33-5)20(23(29)24(27)30)22(28)16-13-15(25)7-9-17(16)31-3/h6-9,12-13,21,28H,10-11H2,1-5H3/t21-/m0/s1. The molecule has 9 heteroatoms. The van der Waals surface area contributed by atoms with Crippen molar-refractivity contribution in [1.82, 2.24) is 9.80 Å². The van der Waals surface area contributed by atoms with Crippen molar-refractivity contribution in [2.45, 2.75) is 6.04 Å². The number of halogens is 1. The van der Waals surface area contributed by atoms with E-state index in [-0.39, 0.29) is 23.4 Å². The van der Waals surface area contributed by atoms with Crippen LogP contribution in [0.5, 0.6) is 17.2 Å². The molecular weight excluding hydrogens is 431 g/mol. The Balaban J connectivity index is 2.25. The van der Waals surface area contributed by atoms with Gasteiger partial charge in [0.2, 0.25) is 0 Å². The highest BCUT2D eigenvalue weighted by Gasteiger charge is 2.46. The lowest BCUT2D eigenvalue weighted by atomic mass is 9.94. The molecule has 0 aromatic heterocycles. The summed E-state index contributed by atoms with van der Waals surface area (Å²) in [5, 5.41) is 11.2. The van der Waals surface area contributed by atoms with Gasteiger partial charge in [-0.15, -0.1) is 0 Å². The molecule has 2 aromatic rings. The summed E-state index contributed by atoms with van der Waals surface area (Å²) in [6, 6.07) is 7.66. The van der Waals surface area contributed by atoms with E-state index in [9.17, 15) is 19.1 Å². The zero-order valence-corrected chi connectivity index (χ0v) is 19.2. The topological polar surface area (TPSA) is 88.5 Å². The average molecular weight is 458 g/mol. The van der Waals surface area contributed by atoms with Gasteiger partial charge in [-0.2, -0.15) is 0 Å². The fourth-order valence-electron chi connectivity index (χ4n) is 3.80. The number of carbonyl (C=O) groups excluding carboxylic acids is 2. The number of ether oxygens (including phenoxy) is 3. The molecular formula is C24H27FN2O6. The Morgan fingerprint density at radius 1 is 1.00 bits per heavy atom. The molecule has 176 valence electrons. The number of likely N-dealkylation sites (N-methyl/N-ethyl adjacent to an activating group) is 1. The molecule has 1 atom stereocenters. The van der Waals surface area contributed by atoms with Gasteiger partial charge in [0.1, 0.15) is 17.3 Å². The van der Waals surface area contributed by atoms with Gasteiger partial charge in [0.05, 0.1) is 38.5 Å². The van der Waals surface area contributed by atoms with Crippen molar-refractivity contribution in [3.63, 3.8) is 0 Å². The number of amides is 1. The van der Waals surface area contributed by atoms with E-state index >= 15 is 0 Å². The molecule has 1 N–H and O–H groups in total. The molecule has 1 aliphatic rings. The molecule has 0 spiro atoms. The van der Waals surface area contributed by atoms with Crippen LogP contribution in [0.3, 0.4) is 0 Å². The highest BCUT2D eigenvalue weighted by atomic mass is 19.1. The van der Waals surface area contributed by atoms with Crippen molar-refractivity contribution < 1.29 is 33.3 Å². The van der Waals surface area contributed by atoms with Gasteiger partial charge in [0.15, 0.2) is 11.5 Å². The SMILES string of the molecule is COc1ccc([C@H]2C(=C(O)c3cc(F)ccc3OC)C(=O)C(=O)N2CCN(C)C)cc1OC. The van der Waals surface area contributed by atoms with Crippen LogP contribution in [0.15, 0.2) is 42.0 Å². The predicted octanol–water partition coefficient (Wildman–Crippen LogP) is 2.83. The van der Waals surface area contributed by atoms with E-state index in [4.69, 9.17) is 14.2 Å². The minimum atomic E-state index is -0.919. The summed E-state index contributed by atoms with van der Waals surface area (Å²) in [5.74, 6) is -1.72. The summed E-state index contributed by atoms with van der Waals surface area (Å²) in [6.07, 6.45) is 0. The van der Waals surface area contributed by atoms with Crippen molar-refractivity contribution >= 4 is 17.4 Å². The fourth-order valence-corrected chi connectivity index (χ4v) is 3.80. The molecule has 0 aliphatic carbocycles. The van der Waals surface area contributed by atoms with E-state index in [0.717, 1.165) is 6.07 Å². The van der Waals surface area contributed by atoms with Crippen LogP contribution in [0.25, 0.3) is 5.76 Å². The number of nitrogens with zero attached hydrogens (tertiary/aromatic N) is 2. The third kappa shape index (κ3) is 4.63. The summed E-state index contributed by atoms with van der Waals surface area (Å²) in [5.41, 5.74) is 0.353.